The minimum Gasteiger partial charge on any atom is -0.489 e. The number of ether oxygens (including phenoxy) is 1. The number of nitrogens with zero attached hydrogens (tertiary/aromatic N) is 1. The molecule has 1 aliphatic heterocycles. The number of alkyl halides is 3. The molecule has 0 aliphatic carbocycles. The maximum Gasteiger partial charge on any atom is 0.416 e. The molecule has 0 atom stereocenters. The van der Waals surface area contributed by atoms with Crippen LogP contribution in [0.5, 0.6) is 5.75 Å². The van der Waals surface area contributed by atoms with Crippen LogP contribution in [0.4, 0.5) is 23.2 Å². The van der Waals surface area contributed by atoms with Crippen LogP contribution in [0.25, 0.3) is 11.6 Å². The highest BCUT2D eigenvalue weighted by atomic mass is 35.5. The van der Waals surface area contributed by atoms with Gasteiger partial charge in [-0.25, -0.2) is 12.8 Å². The van der Waals surface area contributed by atoms with E-state index in [1.165, 1.54) is 18.2 Å². The fourth-order valence-electron chi connectivity index (χ4n) is 3.71. The summed E-state index contributed by atoms with van der Waals surface area (Å²) in [6.45, 7) is 2.69. The topological polar surface area (TPSA) is 83.9 Å². The first kappa shape index (κ1) is 29.0. The Kier molecular flexibility index (Phi) is 8.73. The van der Waals surface area contributed by atoms with E-state index < -0.39 is 38.4 Å². The molecule has 4 rings (SSSR count). The number of rotatable bonds is 4. The van der Waals surface area contributed by atoms with Crippen molar-refractivity contribution in [1.29, 1.82) is 0 Å². The number of benzene rings is 3. The highest BCUT2D eigenvalue weighted by Crippen LogP contribution is 2.38. The van der Waals surface area contributed by atoms with E-state index in [-0.39, 0.29) is 35.2 Å². The van der Waals surface area contributed by atoms with Crippen LogP contribution in [-0.2, 0) is 21.0 Å². The summed E-state index contributed by atoms with van der Waals surface area (Å²) >= 11 is 6.13. The second-order valence-corrected chi connectivity index (χ2v) is 10.4. The van der Waals surface area contributed by atoms with Crippen LogP contribution >= 0.6 is 11.6 Å². The molecule has 3 aromatic rings. The van der Waals surface area contributed by atoms with E-state index in [4.69, 9.17) is 26.2 Å². The lowest BCUT2D eigenvalue weighted by Gasteiger charge is -2.31. The lowest BCUT2D eigenvalue weighted by Crippen LogP contribution is -2.38. The minimum atomic E-state index is -4.68. The molecule has 38 heavy (non-hydrogen) atoms. The number of hydrogen-bond donors (Lipinski definition) is 1. The smallest absolute Gasteiger partial charge is 0.416 e. The molecular formula is C26H22ClF4NO5S. The van der Waals surface area contributed by atoms with Crippen molar-refractivity contribution < 1.29 is 40.6 Å². The molecule has 3 aromatic carbocycles. The van der Waals surface area contributed by atoms with Crippen molar-refractivity contribution in [2.24, 2.45) is 0 Å². The Balaban J connectivity index is 0.000000934. The Hall–Kier alpha value is -3.57. The molecule has 1 heterocycles. The molecule has 0 saturated carbocycles. The quantitative estimate of drug-likeness (QED) is 0.277. The molecule has 1 aliphatic rings. The first-order valence-electron chi connectivity index (χ1n) is 11.0. The van der Waals surface area contributed by atoms with Crippen molar-refractivity contribution in [3.8, 4) is 5.75 Å². The summed E-state index contributed by atoms with van der Waals surface area (Å²) in [6, 6.07) is 12.7. The molecule has 12 heteroatoms. The van der Waals surface area contributed by atoms with E-state index >= 15 is 0 Å². The Morgan fingerprint density at radius 2 is 1.74 bits per heavy atom. The summed E-state index contributed by atoms with van der Waals surface area (Å²) in [4.78, 5) is 8.52. The van der Waals surface area contributed by atoms with Gasteiger partial charge >= 0.3 is 6.18 Å². The van der Waals surface area contributed by atoms with Crippen LogP contribution in [0.2, 0.25) is 5.02 Å². The van der Waals surface area contributed by atoms with Crippen molar-refractivity contribution in [2.75, 3.05) is 17.5 Å². The standard InChI is InChI=1S/C24H18ClF4NO3S.C2H4O2/c1-15(23-19(25)6-3-7-20(23)26)12-16-8-9-22-21(13-16)30(10-11-33-22)34(31,32)18-5-2-4-17(14-18)24(27,28)29;1-2(3)4/h2-9,12-14H,10-11H2,1H3;1H3,(H,3,4)/b15-12+;. The zero-order valence-electron chi connectivity index (χ0n) is 20.1. The summed E-state index contributed by atoms with van der Waals surface area (Å²) in [5.74, 6) is -1.07. The first-order chi connectivity index (χ1) is 17.7. The van der Waals surface area contributed by atoms with Crippen LogP contribution in [0.1, 0.15) is 30.5 Å². The highest BCUT2D eigenvalue weighted by Gasteiger charge is 2.34. The van der Waals surface area contributed by atoms with Crippen LogP contribution in [0.3, 0.4) is 0 Å². The maximum atomic E-state index is 14.3. The molecule has 0 saturated heterocycles. The van der Waals surface area contributed by atoms with Gasteiger partial charge in [0, 0.05) is 12.5 Å². The van der Waals surface area contributed by atoms with E-state index in [1.54, 1.807) is 31.2 Å². The molecule has 0 spiro atoms. The number of fused-ring (bicyclic) bond motifs is 1. The van der Waals surface area contributed by atoms with Gasteiger partial charge in [-0.1, -0.05) is 35.9 Å². The SMILES string of the molecule is C/C(=C\c1ccc2c(c1)N(S(=O)(=O)c1cccc(C(F)(F)F)c1)CCO2)c1c(F)cccc1Cl.CC(=O)O. The van der Waals surface area contributed by atoms with Gasteiger partial charge in [-0.05, 0) is 60.5 Å². The number of carbonyl (C=O) groups is 1. The van der Waals surface area contributed by atoms with E-state index in [2.05, 4.69) is 0 Å². The lowest BCUT2D eigenvalue weighted by molar-refractivity contribution is -0.138. The van der Waals surface area contributed by atoms with E-state index in [0.29, 0.717) is 17.2 Å². The number of sulfonamides is 1. The summed E-state index contributed by atoms with van der Waals surface area (Å²) in [7, 11) is -4.32. The molecule has 0 unspecified atom stereocenters. The van der Waals surface area contributed by atoms with E-state index in [9.17, 15) is 26.0 Å². The zero-order chi connectivity index (χ0) is 28.3. The largest absolute Gasteiger partial charge is 0.489 e. The molecule has 0 amide bonds. The lowest BCUT2D eigenvalue weighted by atomic mass is 10.0. The summed E-state index contributed by atoms with van der Waals surface area (Å²) < 4.78 is 86.9. The Bertz CT molecular complexity index is 1460. The number of carboxylic acids is 1. The average Bonchev–Trinajstić information content (AvgIpc) is 2.82. The third kappa shape index (κ3) is 6.65. The molecule has 202 valence electrons. The average molecular weight is 572 g/mol. The van der Waals surface area contributed by atoms with E-state index in [0.717, 1.165) is 29.4 Å². The second-order valence-electron chi connectivity index (χ2n) is 8.12. The Morgan fingerprint density at radius 1 is 1.08 bits per heavy atom. The van der Waals surface area contributed by atoms with Gasteiger partial charge in [-0.2, -0.15) is 13.2 Å². The highest BCUT2D eigenvalue weighted by molar-refractivity contribution is 7.92. The predicted octanol–water partition coefficient (Wildman–Crippen LogP) is 6.74. The van der Waals surface area contributed by atoms with Gasteiger partial charge in [-0.3, -0.25) is 9.10 Å². The van der Waals surface area contributed by atoms with Crippen LogP contribution in [0, 0.1) is 5.82 Å². The summed E-state index contributed by atoms with van der Waals surface area (Å²) in [6.07, 6.45) is -3.05. The molecule has 0 fully saturated rings. The van der Waals surface area contributed by atoms with Crippen LogP contribution in [0.15, 0.2) is 65.6 Å². The summed E-state index contributed by atoms with van der Waals surface area (Å²) in [5, 5.41) is 7.64. The van der Waals surface area contributed by atoms with Gasteiger partial charge in [0.15, 0.2) is 0 Å². The number of allylic oxidation sites excluding steroid dienone is 1. The predicted molar refractivity (Wildman–Crippen MR) is 136 cm³/mol. The fourth-order valence-corrected chi connectivity index (χ4v) is 5.52. The van der Waals surface area contributed by atoms with Crippen LogP contribution in [-0.4, -0.2) is 32.6 Å². The van der Waals surface area contributed by atoms with Crippen molar-refractivity contribution in [1.82, 2.24) is 0 Å². The minimum absolute atomic E-state index is 0.0320. The third-order valence-corrected chi connectivity index (χ3v) is 7.42. The molecule has 6 nitrogen and oxygen atoms in total. The Morgan fingerprint density at radius 3 is 2.37 bits per heavy atom. The third-order valence-electron chi connectivity index (χ3n) is 5.29. The van der Waals surface area contributed by atoms with Crippen molar-refractivity contribution in [3.63, 3.8) is 0 Å². The van der Waals surface area contributed by atoms with Gasteiger partial charge in [0.2, 0.25) is 0 Å². The van der Waals surface area contributed by atoms with Gasteiger partial charge in [-0.15, -0.1) is 0 Å². The monoisotopic (exact) mass is 571 g/mol. The van der Waals surface area contributed by atoms with Gasteiger partial charge in [0.25, 0.3) is 16.0 Å². The van der Waals surface area contributed by atoms with Crippen molar-refractivity contribution in [2.45, 2.75) is 24.9 Å². The molecule has 0 bridgehead atoms. The number of anilines is 1. The Labute approximate surface area is 221 Å². The number of halogens is 5. The second kappa shape index (κ2) is 11.4. The maximum absolute atomic E-state index is 14.3. The van der Waals surface area contributed by atoms with Crippen LogP contribution < -0.4 is 9.04 Å². The van der Waals surface area contributed by atoms with Gasteiger partial charge in [0.05, 0.1) is 27.7 Å². The molecule has 0 aromatic heterocycles. The normalized spacial score (nSPS) is 13.7. The van der Waals surface area contributed by atoms with Gasteiger partial charge in [0.1, 0.15) is 18.2 Å². The fraction of sp³-hybridized carbons (Fsp3) is 0.192. The molecular weight excluding hydrogens is 550 g/mol. The number of aliphatic carboxylic acids is 1. The van der Waals surface area contributed by atoms with Crippen molar-refractivity contribution in [3.05, 3.63) is 88.2 Å². The first-order valence-corrected chi connectivity index (χ1v) is 12.8. The molecule has 1 N–H and O–H groups in total. The number of carboxylic acid groups (broad SMARTS) is 1. The number of hydrogen-bond acceptors (Lipinski definition) is 4. The van der Waals surface area contributed by atoms with E-state index in [1.807, 2.05) is 0 Å². The van der Waals surface area contributed by atoms with Gasteiger partial charge < -0.3 is 9.84 Å². The molecule has 0 radical (unpaired) electrons. The zero-order valence-corrected chi connectivity index (χ0v) is 21.7. The van der Waals surface area contributed by atoms with Crippen molar-refractivity contribution >= 4 is 44.9 Å². The summed E-state index contributed by atoms with van der Waals surface area (Å²) in [5.41, 5.74) is 0.366.